The summed E-state index contributed by atoms with van der Waals surface area (Å²) in [5, 5.41) is 6.15. The summed E-state index contributed by atoms with van der Waals surface area (Å²) >= 11 is 0. The predicted molar refractivity (Wildman–Crippen MR) is 68.7 cm³/mol. The molecule has 0 fully saturated rings. The van der Waals surface area contributed by atoms with E-state index in [0.29, 0.717) is 13.0 Å². The lowest BCUT2D eigenvalue weighted by atomic mass is 10.1. The highest BCUT2D eigenvalue weighted by Gasteiger charge is 2.14. The molecule has 1 aromatic heterocycles. The molecule has 0 aliphatic rings. The van der Waals surface area contributed by atoms with Crippen LogP contribution in [0.25, 0.3) is 0 Å². The Kier molecular flexibility index (Phi) is 3.78. The van der Waals surface area contributed by atoms with Crippen molar-refractivity contribution in [2.45, 2.75) is 18.4 Å². The molecule has 6 heteroatoms. The fourth-order valence-electron chi connectivity index (χ4n) is 1.67. The Labute approximate surface area is 106 Å². The quantitative estimate of drug-likeness (QED) is 0.854. The maximum absolute atomic E-state index is 11.8. The largest absolute Gasteiger partial charge is 0.266 e. The van der Waals surface area contributed by atoms with Gasteiger partial charge in [-0.2, -0.15) is 5.10 Å². The van der Waals surface area contributed by atoms with Gasteiger partial charge in [0.05, 0.1) is 6.20 Å². The Balaban J connectivity index is 1.93. The number of nitrogens with one attached hydrogen (secondary N) is 2. The van der Waals surface area contributed by atoms with E-state index < -0.39 is 10.0 Å². The molecule has 0 spiro atoms. The zero-order valence-electron chi connectivity index (χ0n) is 10.1. The SMILES string of the molecule is Cc1cccc(CCNS(=O)(=O)c2ccn[nH]2)c1. The van der Waals surface area contributed by atoms with Gasteiger partial charge in [-0.25, -0.2) is 13.1 Å². The van der Waals surface area contributed by atoms with Crippen LogP contribution in [0.15, 0.2) is 41.6 Å². The van der Waals surface area contributed by atoms with E-state index in [9.17, 15) is 8.42 Å². The Hall–Kier alpha value is -1.66. The van der Waals surface area contributed by atoms with Crippen molar-refractivity contribution < 1.29 is 8.42 Å². The minimum absolute atomic E-state index is 0.0896. The molecule has 0 saturated carbocycles. The minimum Gasteiger partial charge on any atom is -0.266 e. The highest BCUT2D eigenvalue weighted by Crippen LogP contribution is 2.05. The molecular formula is C12H15N3O2S. The molecule has 2 rings (SSSR count). The van der Waals surface area contributed by atoms with Crippen LogP contribution in [0.5, 0.6) is 0 Å². The first kappa shape index (κ1) is 12.8. The molecule has 1 aromatic carbocycles. The molecule has 96 valence electrons. The Morgan fingerprint density at radius 2 is 2.17 bits per heavy atom. The van der Waals surface area contributed by atoms with Crippen LogP contribution in [0.1, 0.15) is 11.1 Å². The number of aromatic nitrogens is 2. The van der Waals surface area contributed by atoms with Crippen LogP contribution in [0, 0.1) is 6.92 Å². The van der Waals surface area contributed by atoms with Gasteiger partial charge in [0.25, 0.3) is 10.0 Å². The maximum atomic E-state index is 11.8. The number of hydrogen-bond donors (Lipinski definition) is 2. The van der Waals surface area contributed by atoms with Gasteiger partial charge in [-0.3, -0.25) is 5.10 Å². The van der Waals surface area contributed by atoms with Gasteiger partial charge < -0.3 is 0 Å². The van der Waals surface area contributed by atoms with Crippen LogP contribution < -0.4 is 4.72 Å². The molecule has 0 unspecified atom stereocenters. The second-order valence-corrected chi connectivity index (χ2v) is 5.79. The monoisotopic (exact) mass is 265 g/mol. The van der Waals surface area contributed by atoms with Crippen LogP contribution in [-0.2, 0) is 16.4 Å². The van der Waals surface area contributed by atoms with Crippen LogP contribution in [0.3, 0.4) is 0 Å². The van der Waals surface area contributed by atoms with Gasteiger partial charge in [0.15, 0.2) is 5.03 Å². The lowest BCUT2D eigenvalue weighted by Gasteiger charge is -2.05. The van der Waals surface area contributed by atoms with Gasteiger partial charge in [-0.15, -0.1) is 0 Å². The number of H-pyrrole nitrogens is 1. The molecule has 0 aliphatic carbocycles. The number of hydrogen-bond acceptors (Lipinski definition) is 3. The van der Waals surface area contributed by atoms with Crippen LogP contribution in [-0.4, -0.2) is 25.2 Å². The van der Waals surface area contributed by atoms with Crippen molar-refractivity contribution in [3.8, 4) is 0 Å². The summed E-state index contributed by atoms with van der Waals surface area (Å²) in [5.41, 5.74) is 2.28. The van der Waals surface area contributed by atoms with Crippen molar-refractivity contribution in [2.75, 3.05) is 6.54 Å². The van der Waals surface area contributed by atoms with E-state index in [4.69, 9.17) is 0 Å². The summed E-state index contributed by atoms with van der Waals surface area (Å²) in [4.78, 5) is 0. The predicted octanol–water partition coefficient (Wildman–Crippen LogP) is 1.24. The van der Waals surface area contributed by atoms with Gasteiger partial charge in [-0.1, -0.05) is 29.8 Å². The summed E-state index contributed by atoms with van der Waals surface area (Å²) in [5.74, 6) is 0. The molecule has 18 heavy (non-hydrogen) atoms. The second kappa shape index (κ2) is 5.32. The third kappa shape index (κ3) is 3.18. The fraction of sp³-hybridized carbons (Fsp3) is 0.250. The first-order valence-electron chi connectivity index (χ1n) is 5.62. The molecule has 2 N–H and O–H groups in total. The van der Waals surface area contributed by atoms with E-state index in [1.165, 1.54) is 17.8 Å². The zero-order valence-corrected chi connectivity index (χ0v) is 10.9. The first-order chi connectivity index (χ1) is 8.58. The van der Waals surface area contributed by atoms with E-state index in [0.717, 1.165) is 5.56 Å². The van der Waals surface area contributed by atoms with E-state index in [2.05, 4.69) is 14.9 Å². The van der Waals surface area contributed by atoms with Crippen molar-refractivity contribution in [1.82, 2.24) is 14.9 Å². The van der Waals surface area contributed by atoms with Crippen molar-refractivity contribution in [3.05, 3.63) is 47.7 Å². The summed E-state index contributed by atoms with van der Waals surface area (Å²) < 4.78 is 26.1. The van der Waals surface area contributed by atoms with E-state index >= 15 is 0 Å². The van der Waals surface area contributed by atoms with Crippen LogP contribution in [0.2, 0.25) is 0 Å². The van der Waals surface area contributed by atoms with E-state index in [1.807, 2.05) is 31.2 Å². The molecule has 0 radical (unpaired) electrons. The molecule has 5 nitrogen and oxygen atoms in total. The van der Waals surface area contributed by atoms with E-state index in [1.54, 1.807) is 0 Å². The van der Waals surface area contributed by atoms with Crippen molar-refractivity contribution in [3.63, 3.8) is 0 Å². The van der Waals surface area contributed by atoms with E-state index in [-0.39, 0.29) is 5.03 Å². The lowest BCUT2D eigenvalue weighted by molar-refractivity contribution is 0.577. The number of nitrogens with zero attached hydrogens (tertiary/aromatic N) is 1. The van der Waals surface area contributed by atoms with Gasteiger partial charge in [0, 0.05) is 6.54 Å². The van der Waals surface area contributed by atoms with Gasteiger partial charge >= 0.3 is 0 Å². The van der Waals surface area contributed by atoms with Crippen LogP contribution in [0.4, 0.5) is 0 Å². The Bertz CT molecular complexity index is 606. The molecular weight excluding hydrogens is 250 g/mol. The third-order valence-corrected chi connectivity index (χ3v) is 3.94. The lowest BCUT2D eigenvalue weighted by Crippen LogP contribution is -2.26. The number of aryl methyl sites for hydroxylation is 1. The number of aromatic amines is 1. The average molecular weight is 265 g/mol. The summed E-state index contributed by atoms with van der Waals surface area (Å²) in [7, 11) is -3.47. The third-order valence-electron chi connectivity index (χ3n) is 2.55. The summed E-state index contributed by atoms with van der Waals surface area (Å²) in [6.45, 7) is 2.38. The Morgan fingerprint density at radius 1 is 1.33 bits per heavy atom. The van der Waals surface area contributed by atoms with Crippen LogP contribution >= 0.6 is 0 Å². The smallest absolute Gasteiger partial charge is 0.257 e. The van der Waals surface area contributed by atoms with Crippen molar-refractivity contribution in [1.29, 1.82) is 0 Å². The number of sulfonamides is 1. The molecule has 0 saturated heterocycles. The summed E-state index contributed by atoms with van der Waals surface area (Å²) in [6, 6.07) is 9.43. The fourth-order valence-corrected chi connectivity index (χ4v) is 2.61. The molecule has 2 aromatic rings. The number of benzene rings is 1. The van der Waals surface area contributed by atoms with Gasteiger partial charge in [0.1, 0.15) is 0 Å². The zero-order chi connectivity index (χ0) is 13.0. The molecule has 0 atom stereocenters. The number of rotatable bonds is 5. The standard InChI is InChI=1S/C12H15N3O2S/c1-10-3-2-4-11(9-10)5-8-14-18(16,17)12-6-7-13-15-12/h2-4,6-7,9,14H,5,8H2,1H3,(H,13,15). The highest BCUT2D eigenvalue weighted by atomic mass is 32.2. The van der Waals surface area contributed by atoms with Crippen molar-refractivity contribution >= 4 is 10.0 Å². The maximum Gasteiger partial charge on any atom is 0.257 e. The molecule has 0 bridgehead atoms. The second-order valence-electron chi connectivity index (χ2n) is 4.06. The first-order valence-corrected chi connectivity index (χ1v) is 7.11. The molecule has 0 amide bonds. The van der Waals surface area contributed by atoms with Gasteiger partial charge in [0.2, 0.25) is 0 Å². The minimum atomic E-state index is -3.47. The van der Waals surface area contributed by atoms with Gasteiger partial charge in [-0.05, 0) is 25.0 Å². The Morgan fingerprint density at radius 3 is 2.83 bits per heavy atom. The molecule has 0 aliphatic heterocycles. The molecule has 1 heterocycles. The van der Waals surface area contributed by atoms with Crippen molar-refractivity contribution in [2.24, 2.45) is 0 Å². The normalized spacial score (nSPS) is 11.6. The topological polar surface area (TPSA) is 74.8 Å². The highest BCUT2D eigenvalue weighted by molar-refractivity contribution is 7.89. The average Bonchev–Trinajstić information content (AvgIpc) is 2.83. The summed E-state index contributed by atoms with van der Waals surface area (Å²) in [6.07, 6.45) is 2.07.